The standard InChI is InChI=1S/C21H25ClN2O5S/c1-21(2)12-15(7-8-24(21)28-3)23-14-6-4-5-13(11-14)18-16(22)17(29-10-9-25)19(30-18)20(26)27/h4-6,9,11,15,23H,7-8,10,12H2,1-3H3,(H,26,27)/t15-/m0/s1. The van der Waals surface area contributed by atoms with E-state index < -0.39 is 5.97 Å². The highest BCUT2D eigenvalue weighted by Crippen LogP contribution is 2.46. The summed E-state index contributed by atoms with van der Waals surface area (Å²) in [6.07, 6.45) is 2.41. The molecule has 162 valence electrons. The minimum atomic E-state index is -1.14. The average Bonchev–Trinajstić information content (AvgIpc) is 3.02. The number of hydrogen-bond acceptors (Lipinski definition) is 7. The Morgan fingerprint density at radius 2 is 2.23 bits per heavy atom. The van der Waals surface area contributed by atoms with E-state index in [0.717, 1.165) is 42.0 Å². The van der Waals surface area contributed by atoms with Gasteiger partial charge in [0.25, 0.3) is 0 Å². The third kappa shape index (κ3) is 4.78. The Morgan fingerprint density at radius 3 is 2.87 bits per heavy atom. The van der Waals surface area contributed by atoms with Crippen LogP contribution >= 0.6 is 22.9 Å². The number of carbonyl (C=O) groups excluding carboxylic acids is 1. The lowest BCUT2D eigenvalue weighted by Crippen LogP contribution is -2.52. The molecule has 0 aliphatic carbocycles. The second kappa shape index (κ2) is 9.34. The van der Waals surface area contributed by atoms with E-state index >= 15 is 0 Å². The van der Waals surface area contributed by atoms with Gasteiger partial charge in [0.05, 0.1) is 12.0 Å². The van der Waals surface area contributed by atoms with Crippen LogP contribution in [0.2, 0.25) is 5.02 Å². The van der Waals surface area contributed by atoms with Gasteiger partial charge < -0.3 is 20.0 Å². The number of nitrogens with zero attached hydrogens (tertiary/aromatic N) is 1. The third-order valence-corrected chi connectivity index (χ3v) is 6.80. The molecule has 7 nitrogen and oxygen atoms in total. The van der Waals surface area contributed by atoms with Gasteiger partial charge in [-0.3, -0.25) is 4.79 Å². The number of aromatic carboxylic acids is 1. The van der Waals surface area contributed by atoms with Crippen molar-refractivity contribution in [1.29, 1.82) is 0 Å². The Bertz CT molecular complexity index is 930. The maximum atomic E-state index is 11.6. The van der Waals surface area contributed by atoms with E-state index in [9.17, 15) is 14.7 Å². The first-order valence-corrected chi connectivity index (χ1v) is 10.8. The molecule has 2 N–H and O–H groups in total. The van der Waals surface area contributed by atoms with Crippen LogP contribution in [0.15, 0.2) is 24.3 Å². The number of aldehydes is 1. The molecule has 0 radical (unpaired) electrons. The van der Waals surface area contributed by atoms with Crippen LogP contribution in [0.4, 0.5) is 5.69 Å². The molecule has 1 aliphatic heterocycles. The van der Waals surface area contributed by atoms with Crippen molar-refractivity contribution in [2.45, 2.75) is 38.3 Å². The fraction of sp³-hybridized carbons (Fsp3) is 0.429. The molecular weight excluding hydrogens is 428 g/mol. The summed E-state index contributed by atoms with van der Waals surface area (Å²) in [4.78, 5) is 28.2. The maximum absolute atomic E-state index is 11.6. The zero-order valence-electron chi connectivity index (χ0n) is 17.1. The summed E-state index contributed by atoms with van der Waals surface area (Å²) in [5.74, 6) is -1.11. The second-order valence-corrected chi connectivity index (χ2v) is 9.10. The molecule has 3 rings (SSSR count). The van der Waals surface area contributed by atoms with Crippen LogP contribution in [0.25, 0.3) is 10.4 Å². The quantitative estimate of drug-likeness (QED) is 0.567. The number of piperidine rings is 1. The van der Waals surface area contributed by atoms with E-state index in [1.165, 1.54) is 0 Å². The molecule has 1 fully saturated rings. The van der Waals surface area contributed by atoms with Crippen LogP contribution in [0.3, 0.4) is 0 Å². The summed E-state index contributed by atoms with van der Waals surface area (Å²) in [5, 5.41) is 15.2. The van der Waals surface area contributed by atoms with Crippen LogP contribution in [0.5, 0.6) is 5.75 Å². The van der Waals surface area contributed by atoms with Gasteiger partial charge in [0.1, 0.15) is 11.6 Å². The van der Waals surface area contributed by atoms with Gasteiger partial charge in [-0.15, -0.1) is 11.3 Å². The van der Waals surface area contributed by atoms with Gasteiger partial charge in [-0.25, -0.2) is 4.79 Å². The number of thiophene rings is 1. The summed E-state index contributed by atoms with van der Waals surface area (Å²) in [7, 11) is 1.70. The molecule has 2 heterocycles. The lowest BCUT2D eigenvalue weighted by molar-refractivity contribution is -0.207. The number of nitrogens with one attached hydrogen (secondary N) is 1. The number of rotatable bonds is 8. The minimum absolute atomic E-state index is 0.0242. The summed E-state index contributed by atoms with van der Waals surface area (Å²) < 4.78 is 5.27. The first-order valence-electron chi connectivity index (χ1n) is 9.57. The number of halogens is 1. The highest BCUT2D eigenvalue weighted by molar-refractivity contribution is 7.18. The van der Waals surface area contributed by atoms with Crippen LogP contribution < -0.4 is 10.1 Å². The smallest absolute Gasteiger partial charge is 0.349 e. The topological polar surface area (TPSA) is 88.1 Å². The van der Waals surface area contributed by atoms with Gasteiger partial charge in [0.2, 0.25) is 0 Å². The maximum Gasteiger partial charge on any atom is 0.349 e. The van der Waals surface area contributed by atoms with Crippen molar-refractivity contribution in [3.05, 3.63) is 34.2 Å². The molecule has 0 saturated carbocycles. The first kappa shape index (κ1) is 22.6. The van der Waals surface area contributed by atoms with E-state index in [2.05, 4.69) is 19.2 Å². The predicted octanol–water partition coefficient (Wildman–Crippen LogP) is 4.56. The van der Waals surface area contributed by atoms with Gasteiger partial charge in [0, 0.05) is 23.8 Å². The van der Waals surface area contributed by atoms with Crippen molar-refractivity contribution in [2.75, 3.05) is 25.6 Å². The third-order valence-electron chi connectivity index (χ3n) is 5.12. The average molecular weight is 453 g/mol. The Kier molecular flexibility index (Phi) is 7.02. The van der Waals surface area contributed by atoms with Crippen LogP contribution in [0, 0.1) is 0 Å². The zero-order valence-corrected chi connectivity index (χ0v) is 18.7. The summed E-state index contributed by atoms with van der Waals surface area (Å²) in [6.45, 7) is 4.88. The zero-order chi connectivity index (χ0) is 21.9. The molecule has 0 bridgehead atoms. The summed E-state index contributed by atoms with van der Waals surface area (Å²) >= 11 is 7.46. The number of benzene rings is 1. The van der Waals surface area contributed by atoms with Crippen molar-refractivity contribution in [1.82, 2.24) is 5.06 Å². The highest BCUT2D eigenvalue weighted by Gasteiger charge is 2.35. The Morgan fingerprint density at radius 1 is 1.47 bits per heavy atom. The van der Waals surface area contributed by atoms with Gasteiger partial charge >= 0.3 is 5.97 Å². The highest BCUT2D eigenvalue weighted by atomic mass is 35.5. The lowest BCUT2D eigenvalue weighted by atomic mass is 9.88. The number of hydroxylamine groups is 2. The summed E-state index contributed by atoms with van der Waals surface area (Å²) in [5.41, 5.74) is 1.63. The molecule has 9 heteroatoms. The normalized spacial score (nSPS) is 18.7. The molecular formula is C21H25ClN2O5S. The van der Waals surface area contributed by atoms with Crippen molar-refractivity contribution < 1.29 is 24.3 Å². The molecule has 0 amide bonds. The van der Waals surface area contributed by atoms with E-state index in [-0.39, 0.29) is 33.8 Å². The number of anilines is 1. The van der Waals surface area contributed by atoms with Crippen molar-refractivity contribution >= 4 is 40.9 Å². The first-order chi connectivity index (χ1) is 14.3. The Balaban J connectivity index is 1.84. The molecule has 1 aliphatic rings. The molecule has 30 heavy (non-hydrogen) atoms. The van der Waals surface area contributed by atoms with Crippen LogP contribution in [0.1, 0.15) is 36.4 Å². The largest absolute Gasteiger partial charge is 0.483 e. The molecule has 0 unspecified atom stereocenters. The van der Waals surface area contributed by atoms with E-state index in [0.29, 0.717) is 11.2 Å². The minimum Gasteiger partial charge on any atom is -0.483 e. The number of hydrogen-bond donors (Lipinski definition) is 2. The Hall–Kier alpha value is -2.13. The van der Waals surface area contributed by atoms with E-state index in [1.54, 1.807) is 7.11 Å². The monoisotopic (exact) mass is 452 g/mol. The van der Waals surface area contributed by atoms with Crippen molar-refractivity contribution in [2.24, 2.45) is 0 Å². The SMILES string of the molecule is CON1CC[C@H](Nc2cccc(-c3sc(C(=O)O)c(OCC=O)c3Cl)c2)CC1(C)C. The van der Waals surface area contributed by atoms with Crippen LogP contribution in [-0.2, 0) is 9.63 Å². The fourth-order valence-corrected chi connectivity index (χ4v) is 5.20. The fourth-order valence-electron chi connectivity index (χ4n) is 3.80. The lowest BCUT2D eigenvalue weighted by Gasteiger charge is -2.44. The molecule has 1 aromatic carbocycles. The van der Waals surface area contributed by atoms with Crippen molar-refractivity contribution in [3.63, 3.8) is 0 Å². The molecule has 0 spiro atoms. The number of carboxylic acid groups (broad SMARTS) is 1. The van der Waals surface area contributed by atoms with Crippen LogP contribution in [-0.4, -0.2) is 54.3 Å². The van der Waals surface area contributed by atoms with Gasteiger partial charge in [-0.1, -0.05) is 23.7 Å². The van der Waals surface area contributed by atoms with Gasteiger partial charge in [0.15, 0.2) is 16.9 Å². The molecule has 1 saturated heterocycles. The summed E-state index contributed by atoms with van der Waals surface area (Å²) in [6, 6.07) is 7.97. The molecule has 1 aromatic heterocycles. The van der Waals surface area contributed by atoms with Gasteiger partial charge in [-0.05, 0) is 44.4 Å². The van der Waals surface area contributed by atoms with Crippen molar-refractivity contribution in [3.8, 4) is 16.2 Å². The van der Waals surface area contributed by atoms with Gasteiger partial charge in [-0.2, -0.15) is 5.06 Å². The molecule has 1 atom stereocenters. The van der Waals surface area contributed by atoms with E-state index in [4.69, 9.17) is 21.2 Å². The Labute approximate surface area is 184 Å². The number of carbonyl (C=O) groups is 2. The number of ether oxygens (including phenoxy) is 1. The molecule has 2 aromatic rings. The second-order valence-electron chi connectivity index (χ2n) is 7.70. The van der Waals surface area contributed by atoms with E-state index in [1.807, 2.05) is 29.3 Å². The predicted molar refractivity (Wildman–Crippen MR) is 118 cm³/mol. The number of carboxylic acids is 1.